The third-order valence-electron chi connectivity index (χ3n) is 1.60. The molecule has 3 nitrogen and oxygen atoms in total. The molecule has 1 rings (SSSR count). The Hall–Kier alpha value is -0.740. The topological polar surface area (TPSA) is 46.5 Å². The molecule has 0 heterocycles. The minimum absolute atomic E-state index is 0.0950. The van der Waals surface area contributed by atoms with E-state index < -0.39 is 0 Å². The third-order valence-corrected chi connectivity index (χ3v) is 3.01. The number of halogens is 2. The van der Waals surface area contributed by atoms with Crippen molar-refractivity contribution < 1.29 is 14.6 Å². The first-order valence-electron chi connectivity index (χ1n) is 3.90. The van der Waals surface area contributed by atoms with E-state index >= 15 is 0 Å². The normalized spacial score (nSPS) is 9.93. The zero-order chi connectivity index (χ0) is 10.7. The number of carbonyl (C=O) groups excluding carboxylic acids is 1. The lowest BCUT2D eigenvalue weighted by Crippen LogP contribution is -1.94. The van der Waals surface area contributed by atoms with E-state index in [1.807, 2.05) is 0 Å². The molecule has 0 atom stereocenters. The van der Waals surface area contributed by atoms with Crippen molar-refractivity contribution in [2.75, 3.05) is 6.61 Å². The highest BCUT2D eigenvalue weighted by Crippen LogP contribution is 2.41. The van der Waals surface area contributed by atoms with Crippen molar-refractivity contribution in [1.29, 1.82) is 0 Å². The van der Waals surface area contributed by atoms with Gasteiger partial charge in [-0.3, -0.25) is 4.79 Å². The summed E-state index contributed by atoms with van der Waals surface area (Å²) in [6.07, 6.45) is 0.606. The lowest BCUT2D eigenvalue weighted by Gasteiger charge is -2.09. The number of aromatic hydroxyl groups is 1. The van der Waals surface area contributed by atoms with E-state index in [1.165, 1.54) is 6.07 Å². The number of phenols is 1. The smallest absolute Gasteiger partial charge is 0.173 e. The highest BCUT2D eigenvalue weighted by atomic mass is 79.9. The molecule has 0 bridgehead atoms. The molecular formula is C9H8BrClO3. The van der Waals surface area contributed by atoms with Gasteiger partial charge in [-0.15, -0.1) is 0 Å². The van der Waals surface area contributed by atoms with Gasteiger partial charge in [0, 0.05) is 5.56 Å². The molecular weight excluding hydrogens is 271 g/mol. The average Bonchev–Trinajstić information content (AvgIpc) is 2.19. The number of phenolic OH excluding ortho intramolecular Hbond substituents is 1. The van der Waals surface area contributed by atoms with Gasteiger partial charge in [-0.1, -0.05) is 11.6 Å². The fourth-order valence-corrected chi connectivity index (χ4v) is 1.58. The van der Waals surface area contributed by atoms with Crippen LogP contribution >= 0.6 is 27.5 Å². The summed E-state index contributed by atoms with van der Waals surface area (Å²) in [5.74, 6) is 0.147. The van der Waals surface area contributed by atoms with E-state index in [1.54, 1.807) is 6.92 Å². The number of hydrogen-bond acceptors (Lipinski definition) is 3. The van der Waals surface area contributed by atoms with Crippen molar-refractivity contribution in [3.05, 3.63) is 21.1 Å². The van der Waals surface area contributed by atoms with Crippen molar-refractivity contribution in [2.24, 2.45) is 0 Å². The number of hydrogen-bond donors (Lipinski definition) is 1. The van der Waals surface area contributed by atoms with Gasteiger partial charge in [-0.25, -0.2) is 0 Å². The van der Waals surface area contributed by atoms with E-state index in [4.69, 9.17) is 16.3 Å². The first-order chi connectivity index (χ1) is 6.61. The van der Waals surface area contributed by atoms with Crippen LogP contribution in [-0.2, 0) is 0 Å². The van der Waals surface area contributed by atoms with Gasteiger partial charge in [-0.05, 0) is 28.9 Å². The molecule has 0 aliphatic heterocycles. The SMILES string of the molecule is CCOc1cc(C=O)c(Cl)c(Br)c1O. The van der Waals surface area contributed by atoms with E-state index in [0.717, 1.165) is 0 Å². The fraction of sp³-hybridized carbons (Fsp3) is 0.222. The van der Waals surface area contributed by atoms with Crippen molar-refractivity contribution >= 4 is 33.8 Å². The largest absolute Gasteiger partial charge is 0.503 e. The third kappa shape index (κ3) is 2.01. The lowest BCUT2D eigenvalue weighted by molar-refractivity contribution is 0.112. The molecule has 0 spiro atoms. The zero-order valence-corrected chi connectivity index (χ0v) is 9.72. The van der Waals surface area contributed by atoms with E-state index in [2.05, 4.69) is 15.9 Å². The van der Waals surface area contributed by atoms with Gasteiger partial charge in [0.1, 0.15) is 0 Å². The molecule has 1 aromatic carbocycles. The minimum Gasteiger partial charge on any atom is -0.503 e. The van der Waals surface area contributed by atoms with Crippen LogP contribution in [-0.4, -0.2) is 18.0 Å². The minimum atomic E-state index is -0.0950. The summed E-state index contributed by atoms with van der Waals surface area (Å²) in [6, 6.07) is 1.40. The first-order valence-corrected chi connectivity index (χ1v) is 5.07. The highest BCUT2D eigenvalue weighted by Gasteiger charge is 2.14. The second-order valence-corrected chi connectivity index (χ2v) is 3.66. The van der Waals surface area contributed by atoms with Crippen LogP contribution in [0.4, 0.5) is 0 Å². The molecule has 0 saturated carbocycles. The highest BCUT2D eigenvalue weighted by molar-refractivity contribution is 9.10. The van der Waals surface area contributed by atoms with Gasteiger partial charge in [0.15, 0.2) is 17.8 Å². The summed E-state index contributed by atoms with van der Waals surface area (Å²) >= 11 is 8.85. The van der Waals surface area contributed by atoms with Gasteiger partial charge in [0.25, 0.3) is 0 Å². The zero-order valence-electron chi connectivity index (χ0n) is 7.38. The summed E-state index contributed by atoms with van der Waals surface area (Å²) in [6.45, 7) is 2.18. The van der Waals surface area contributed by atoms with Crippen LogP contribution in [0.2, 0.25) is 5.02 Å². The molecule has 14 heavy (non-hydrogen) atoms. The average molecular weight is 280 g/mol. The summed E-state index contributed by atoms with van der Waals surface area (Å²) in [5.41, 5.74) is 0.278. The molecule has 0 saturated heterocycles. The second-order valence-electron chi connectivity index (χ2n) is 2.49. The maximum atomic E-state index is 10.6. The number of rotatable bonds is 3. The number of aldehydes is 1. The predicted molar refractivity (Wildman–Crippen MR) is 57.4 cm³/mol. The monoisotopic (exact) mass is 278 g/mol. The molecule has 0 aliphatic carbocycles. The van der Waals surface area contributed by atoms with Crippen LogP contribution in [0.15, 0.2) is 10.5 Å². The molecule has 5 heteroatoms. The van der Waals surface area contributed by atoms with E-state index in [0.29, 0.717) is 12.9 Å². The summed E-state index contributed by atoms with van der Waals surface area (Å²) in [7, 11) is 0. The first kappa shape index (κ1) is 11.3. The van der Waals surface area contributed by atoms with Crippen LogP contribution in [0.5, 0.6) is 11.5 Å². The Bertz CT molecular complexity index is 366. The van der Waals surface area contributed by atoms with E-state index in [9.17, 15) is 9.90 Å². The molecule has 0 aromatic heterocycles. The maximum absolute atomic E-state index is 10.6. The molecule has 0 amide bonds. The van der Waals surface area contributed by atoms with Gasteiger partial charge >= 0.3 is 0 Å². The van der Waals surface area contributed by atoms with Crippen molar-refractivity contribution in [2.45, 2.75) is 6.92 Å². The lowest BCUT2D eigenvalue weighted by atomic mass is 10.2. The Kier molecular flexibility index (Phi) is 3.77. The Labute approximate surface area is 94.8 Å². The Morgan fingerprint density at radius 3 is 2.86 bits per heavy atom. The standard InChI is InChI=1S/C9H8BrClO3/c1-2-14-6-3-5(4-12)8(11)7(10)9(6)13/h3-4,13H,2H2,1H3. The van der Waals surface area contributed by atoms with Gasteiger partial charge in [0.05, 0.1) is 16.1 Å². The molecule has 0 unspecified atom stereocenters. The van der Waals surface area contributed by atoms with Gasteiger partial charge < -0.3 is 9.84 Å². The maximum Gasteiger partial charge on any atom is 0.173 e. The summed E-state index contributed by atoms with van der Waals surface area (Å²) in [5, 5.41) is 9.74. The second kappa shape index (κ2) is 4.66. The Morgan fingerprint density at radius 2 is 2.36 bits per heavy atom. The number of carbonyl (C=O) groups is 1. The molecule has 0 aliphatic rings. The Morgan fingerprint density at radius 1 is 1.71 bits per heavy atom. The summed E-state index contributed by atoms with van der Waals surface area (Å²) in [4.78, 5) is 10.6. The van der Waals surface area contributed by atoms with Crippen LogP contribution in [0, 0.1) is 0 Å². The predicted octanol–water partition coefficient (Wildman–Crippen LogP) is 3.02. The van der Waals surface area contributed by atoms with Gasteiger partial charge in [-0.2, -0.15) is 0 Å². The molecule has 0 radical (unpaired) electrons. The van der Waals surface area contributed by atoms with Crippen LogP contribution in [0.25, 0.3) is 0 Å². The van der Waals surface area contributed by atoms with Gasteiger partial charge in [0.2, 0.25) is 0 Å². The van der Waals surface area contributed by atoms with Crippen LogP contribution < -0.4 is 4.74 Å². The summed E-state index contributed by atoms with van der Waals surface area (Å²) < 4.78 is 5.39. The molecule has 0 fully saturated rings. The number of benzene rings is 1. The fourth-order valence-electron chi connectivity index (χ4n) is 0.963. The van der Waals surface area contributed by atoms with Crippen molar-refractivity contribution in [1.82, 2.24) is 0 Å². The van der Waals surface area contributed by atoms with Crippen LogP contribution in [0.3, 0.4) is 0 Å². The van der Waals surface area contributed by atoms with Crippen molar-refractivity contribution in [3.8, 4) is 11.5 Å². The van der Waals surface area contributed by atoms with Crippen molar-refractivity contribution in [3.63, 3.8) is 0 Å². The molecule has 76 valence electrons. The quantitative estimate of drug-likeness (QED) is 0.865. The molecule has 1 N–H and O–H groups in total. The van der Waals surface area contributed by atoms with Crippen LogP contribution in [0.1, 0.15) is 17.3 Å². The Balaban J connectivity index is 3.32. The van der Waals surface area contributed by atoms with E-state index in [-0.39, 0.29) is 26.6 Å². The number of ether oxygens (including phenoxy) is 1. The molecule has 1 aromatic rings.